The van der Waals surface area contributed by atoms with Gasteiger partial charge in [-0.25, -0.2) is 4.99 Å². The van der Waals surface area contributed by atoms with Crippen LogP contribution in [0.15, 0.2) is 40.1 Å². The maximum absolute atomic E-state index is 12.1. The highest BCUT2D eigenvalue weighted by molar-refractivity contribution is 6.67. The second-order valence-corrected chi connectivity index (χ2v) is 5.26. The molecule has 2 rings (SSSR count). The number of hydrogen-bond donors (Lipinski definition) is 1. The van der Waals surface area contributed by atoms with Gasteiger partial charge >= 0.3 is 0 Å². The van der Waals surface area contributed by atoms with Gasteiger partial charge in [-0.3, -0.25) is 4.79 Å². The van der Waals surface area contributed by atoms with Crippen molar-refractivity contribution in [3.8, 4) is 0 Å². The number of allylic oxidation sites excluding steroid dienone is 5. The fraction of sp³-hybridized carbons (Fsp3) is 0.385. The van der Waals surface area contributed by atoms with Gasteiger partial charge in [0.15, 0.2) is 0 Å². The van der Waals surface area contributed by atoms with E-state index >= 15 is 0 Å². The minimum Gasteiger partial charge on any atom is -0.329 e. The van der Waals surface area contributed by atoms with E-state index in [0.717, 1.165) is 12.1 Å². The molecule has 0 saturated carbocycles. The summed E-state index contributed by atoms with van der Waals surface area (Å²) in [5.41, 5.74) is 0.839. The minimum atomic E-state index is -0.394. The largest absolute Gasteiger partial charge is 0.329 e. The number of nitrogens with zero attached hydrogens (tertiary/aromatic N) is 1. The van der Waals surface area contributed by atoms with Gasteiger partial charge < -0.3 is 5.32 Å². The number of aliphatic imine (C=N–C) groups is 1. The standard InChI is InChI=1S/C13H14Cl2N2O/c1-8-4-5-9(14)7-11(8)17-13(18)10-3-2-6-16-12(10)15/h2,5-8,10H,3-4H2,1H3,(H,17,18). The molecule has 0 aromatic carbocycles. The van der Waals surface area contributed by atoms with Crippen molar-refractivity contribution in [2.24, 2.45) is 16.8 Å². The summed E-state index contributed by atoms with van der Waals surface area (Å²) in [6.45, 7) is 2.04. The van der Waals surface area contributed by atoms with Gasteiger partial charge in [0.2, 0.25) is 5.91 Å². The first kappa shape index (κ1) is 13.4. The Morgan fingerprint density at radius 1 is 1.44 bits per heavy atom. The van der Waals surface area contributed by atoms with E-state index in [-0.39, 0.29) is 11.8 Å². The van der Waals surface area contributed by atoms with Gasteiger partial charge in [0.25, 0.3) is 0 Å². The van der Waals surface area contributed by atoms with Gasteiger partial charge in [-0.05, 0) is 24.8 Å². The van der Waals surface area contributed by atoms with Gasteiger partial charge in [0, 0.05) is 16.9 Å². The molecule has 3 nitrogen and oxygen atoms in total. The molecular weight excluding hydrogens is 271 g/mol. The number of carbonyl (C=O) groups is 1. The summed E-state index contributed by atoms with van der Waals surface area (Å²) in [6, 6.07) is 0. The van der Waals surface area contributed by atoms with Crippen molar-refractivity contribution in [3.05, 3.63) is 35.2 Å². The summed E-state index contributed by atoms with van der Waals surface area (Å²) >= 11 is 11.9. The lowest BCUT2D eigenvalue weighted by Gasteiger charge is -2.22. The third-order valence-electron chi connectivity index (χ3n) is 3.04. The molecule has 0 spiro atoms. The lowest BCUT2D eigenvalue weighted by molar-refractivity contribution is -0.122. The summed E-state index contributed by atoms with van der Waals surface area (Å²) in [5, 5.41) is 3.89. The van der Waals surface area contributed by atoms with Crippen LogP contribution in [-0.4, -0.2) is 11.1 Å². The van der Waals surface area contributed by atoms with Crippen LogP contribution in [-0.2, 0) is 4.79 Å². The maximum Gasteiger partial charge on any atom is 0.234 e. The Morgan fingerprint density at radius 2 is 2.22 bits per heavy atom. The van der Waals surface area contributed by atoms with Crippen LogP contribution in [0.1, 0.15) is 19.8 Å². The summed E-state index contributed by atoms with van der Waals surface area (Å²) in [5.74, 6) is -0.265. The second-order valence-electron chi connectivity index (χ2n) is 4.44. The van der Waals surface area contributed by atoms with Crippen molar-refractivity contribution in [2.45, 2.75) is 19.8 Å². The van der Waals surface area contributed by atoms with E-state index in [4.69, 9.17) is 23.2 Å². The van der Waals surface area contributed by atoms with Crippen molar-refractivity contribution in [2.75, 3.05) is 0 Å². The molecule has 1 amide bonds. The highest BCUT2D eigenvalue weighted by atomic mass is 35.5. The van der Waals surface area contributed by atoms with E-state index in [9.17, 15) is 4.79 Å². The van der Waals surface area contributed by atoms with E-state index in [0.29, 0.717) is 16.6 Å². The van der Waals surface area contributed by atoms with E-state index < -0.39 is 5.92 Å². The van der Waals surface area contributed by atoms with E-state index in [1.54, 1.807) is 12.3 Å². The second kappa shape index (κ2) is 5.72. The molecule has 2 unspecified atom stereocenters. The topological polar surface area (TPSA) is 41.5 Å². The minimum absolute atomic E-state index is 0.127. The monoisotopic (exact) mass is 284 g/mol. The maximum atomic E-state index is 12.1. The molecule has 1 heterocycles. The van der Waals surface area contributed by atoms with E-state index in [1.165, 1.54) is 0 Å². The molecule has 0 radical (unpaired) electrons. The van der Waals surface area contributed by atoms with Gasteiger partial charge in [0.05, 0.1) is 5.92 Å². The van der Waals surface area contributed by atoms with E-state index in [2.05, 4.69) is 10.3 Å². The SMILES string of the molecule is CC1CC=C(Cl)C=C1NC(=O)C1CC=CN=C1Cl. The Morgan fingerprint density at radius 3 is 2.94 bits per heavy atom. The molecule has 1 aliphatic carbocycles. The number of nitrogens with one attached hydrogen (secondary N) is 1. The van der Waals surface area contributed by atoms with Crippen LogP contribution in [0, 0.1) is 11.8 Å². The van der Waals surface area contributed by atoms with Crippen LogP contribution >= 0.6 is 23.2 Å². The molecule has 5 heteroatoms. The molecule has 18 heavy (non-hydrogen) atoms. The average Bonchev–Trinajstić information content (AvgIpc) is 2.34. The third kappa shape index (κ3) is 3.03. The third-order valence-corrected chi connectivity index (χ3v) is 3.66. The van der Waals surface area contributed by atoms with Crippen molar-refractivity contribution in [3.63, 3.8) is 0 Å². The van der Waals surface area contributed by atoms with Crippen LogP contribution in [0.2, 0.25) is 0 Å². The highest BCUT2D eigenvalue weighted by Crippen LogP contribution is 2.24. The summed E-state index contributed by atoms with van der Waals surface area (Å²) < 4.78 is 0. The van der Waals surface area contributed by atoms with Crippen molar-refractivity contribution >= 4 is 34.3 Å². The molecular formula is C13H14Cl2N2O. The summed E-state index contributed by atoms with van der Waals surface area (Å²) in [4.78, 5) is 16.1. The van der Waals surface area contributed by atoms with Gasteiger partial charge in [-0.2, -0.15) is 0 Å². The van der Waals surface area contributed by atoms with Crippen LogP contribution in [0.5, 0.6) is 0 Å². The Balaban J connectivity index is 2.06. The smallest absolute Gasteiger partial charge is 0.234 e. The molecule has 1 aliphatic heterocycles. The first-order valence-electron chi connectivity index (χ1n) is 5.84. The Kier molecular flexibility index (Phi) is 4.25. The highest BCUT2D eigenvalue weighted by Gasteiger charge is 2.25. The normalized spacial score (nSPS) is 27.2. The quantitative estimate of drug-likeness (QED) is 0.830. The fourth-order valence-corrected chi connectivity index (χ4v) is 2.33. The number of carbonyl (C=O) groups excluding carboxylic acids is 1. The summed E-state index contributed by atoms with van der Waals surface area (Å²) in [7, 11) is 0. The Hall–Kier alpha value is -1.06. The van der Waals surface area contributed by atoms with Crippen LogP contribution in [0.4, 0.5) is 0 Å². The first-order chi connectivity index (χ1) is 8.58. The average molecular weight is 285 g/mol. The van der Waals surface area contributed by atoms with Gasteiger partial charge in [-0.1, -0.05) is 42.3 Å². The van der Waals surface area contributed by atoms with Gasteiger partial charge in [-0.15, -0.1) is 0 Å². The van der Waals surface area contributed by atoms with Gasteiger partial charge in [0.1, 0.15) is 5.17 Å². The number of hydrogen-bond acceptors (Lipinski definition) is 2. The molecule has 0 aromatic heterocycles. The Labute approximate surface area is 116 Å². The Bertz CT molecular complexity index is 477. The van der Waals surface area contributed by atoms with Crippen molar-refractivity contribution in [1.82, 2.24) is 5.32 Å². The number of rotatable bonds is 2. The van der Waals surface area contributed by atoms with Crippen LogP contribution < -0.4 is 5.32 Å². The van der Waals surface area contributed by atoms with Crippen LogP contribution in [0.25, 0.3) is 0 Å². The lowest BCUT2D eigenvalue weighted by atomic mass is 9.97. The van der Waals surface area contributed by atoms with E-state index in [1.807, 2.05) is 19.1 Å². The molecule has 0 fully saturated rings. The molecule has 2 aliphatic rings. The molecule has 1 N–H and O–H groups in total. The molecule has 0 aromatic rings. The molecule has 2 atom stereocenters. The van der Waals surface area contributed by atoms with Crippen LogP contribution in [0.3, 0.4) is 0 Å². The first-order valence-corrected chi connectivity index (χ1v) is 6.60. The summed E-state index contributed by atoms with van der Waals surface area (Å²) in [6.07, 6.45) is 8.60. The molecule has 96 valence electrons. The predicted molar refractivity (Wildman–Crippen MR) is 74.5 cm³/mol. The molecule has 0 saturated heterocycles. The number of halogens is 2. The molecule has 0 bridgehead atoms. The van der Waals surface area contributed by atoms with Crippen molar-refractivity contribution < 1.29 is 4.79 Å². The van der Waals surface area contributed by atoms with Crippen molar-refractivity contribution in [1.29, 1.82) is 0 Å². The predicted octanol–water partition coefficient (Wildman–Crippen LogP) is 3.32. The fourth-order valence-electron chi connectivity index (χ4n) is 1.88. The lowest BCUT2D eigenvalue weighted by Crippen LogP contribution is -2.35. The zero-order valence-corrected chi connectivity index (χ0v) is 11.5. The zero-order valence-electron chi connectivity index (χ0n) is 9.99. The number of amides is 1. The zero-order chi connectivity index (χ0) is 13.1.